The second-order valence-electron chi connectivity index (χ2n) is 7.90. The molecule has 2 aromatic heterocycles. The van der Waals surface area contributed by atoms with Crippen LogP contribution in [0.5, 0.6) is 11.5 Å². The number of hydrogen-bond donors (Lipinski definition) is 0. The number of halogens is 6. The highest BCUT2D eigenvalue weighted by Crippen LogP contribution is 2.41. The van der Waals surface area contributed by atoms with E-state index in [0.717, 1.165) is 0 Å². The van der Waals surface area contributed by atoms with Crippen LogP contribution >= 0.6 is 0 Å². The molecule has 5 nitrogen and oxygen atoms in total. The molecule has 0 radical (unpaired) electrons. The lowest BCUT2D eigenvalue weighted by molar-refractivity contribution is -0.148. The summed E-state index contributed by atoms with van der Waals surface area (Å²) in [6.07, 6.45) is -10.3. The first-order chi connectivity index (χ1) is 16.4. The molecule has 0 aliphatic rings. The summed E-state index contributed by atoms with van der Waals surface area (Å²) >= 11 is 0. The van der Waals surface area contributed by atoms with Crippen LogP contribution in [0.3, 0.4) is 0 Å². The Bertz CT molecular complexity index is 1340. The molecule has 0 N–H and O–H groups in total. The fourth-order valence-corrected chi connectivity index (χ4v) is 3.55. The lowest BCUT2D eigenvalue weighted by Gasteiger charge is -2.13. The molecule has 35 heavy (non-hydrogen) atoms. The van der Waals surface area contributed by atoms with E-state index >= 15 is 0 Å². The number of ether oxygens (including phenoxy) is 2. The zero-order valence-electron chi connectivity index (χ0n) is 18.7. The Morgan fingerprint density at radius 1 is 0.800 bits per heavy atom. The van der Waals surface area contributed by atoms with Crippen molar-refractivity contribution in [1.29, 1.82) is 0 Å². The van der Waals surface area contributed by atoms with E-state index < -0.39 is 29.4 Å². The normalized spacial score (nSPS) is 12.4. The molecule has 0 aliphatic heterocycles. The van der Waals surface area contributed by atoms with E-state index in [1.807, 2.05) is 13.8 Å². The van der Waals surface area contributed by atoms with E-state index in [1.165, 1.54) is 19.2 Å². The quantitative estimate of drug-likeness (QED) is 0.283. The molecule has 4 aromatic rings. The largest absolute Gasteiger partial charge is 0.497 e. The number of methoxy groups -OCH3 is 1. The lowest BCUT2D eigenvalue weighted by atomic mass is 10.0. The Morgan fingerprint density at radius 3 is 1.89 bits per heavy atom. The van der Waals surface area contributed by atoms with Gasteiger partial charge in [-0.15, -0.1) is 0 Å². The smallest absolute Gasteiger partial charge is 0.433 e. The Kier molecular flexibility index (Phi) is 6.12. The van der Waals surface area contributed by atoms with Crippen LogP contribution in [0, 0.1) is 0 Å². The summed E-state index contributed by atoms with van der Waals surface area (Å²) in [6, 6.07) is 12.4. The van der Waals surface area contributed by atoms with Gasteiger partial charge in [0.15, 0.2) is 11.3 Å². The standard InChI is InChI=1S/C24H19F6N3O2/c1-13(2)35-17-10-4-14(5-11-17)20-21(15-6-8-16(34-3)9-7-15)32-33-19(24(28,29)30)12-18(23(25,26)27)31-22(20)33/h4-13H,1-3H3. The van der Waals surface area contributed by atoms with Crippen LogP contribution in [0.4, 0.5) is 26.3 Å². The van der Waals surface area contributed by atoms with Gasteiger partial charge >= 0.3 is 12.4 Å². The third-order valence-corrected chi connectivity index (χ3v) is 5.05. The molecule has 0 aliphatic carbocycles. The highest BCUT2D eigenvalue weighted by molar-refractivity contribution is 5.90. The molecule has 4 rings (SSSR count). The SMILES string of the molecule is COc1ccc(-c2nn3c(C(F)(F)F)cc(C(F)(F)F)nc3c2-c2ccc(OC(C)C)cc2)cc1. The van der Waals surface area contributed by atoms with E-state index in [4.69, 9.17) is 9.47 Å². The summed E-state index contributed by atoms with van der Waals surface area (Å²) < 4.78 is 93.1. The average Bonchev–Trinajstić information content (AvgIpc) is 3.17. The highest BCUT2D eigenvalue weighted by atomic mass is 19.4. The van der Waals surface area contributed by atoms with Gasteiger partial charge in [-0.1, -0.05) is 12.1 Å². The van der Waals surface area contributed by atoms with Crippen molar-refractivity contribution in [2.75, 3.05) is 7.11 Å². The van der Waals surface area contributed by atoms with Gasteiger partial charge in [-0.2, -0.15) is 31.4 Å². The topological polar surface area (TPSA) is 48.7 Å². The van der Waals surface area contributed by atoms with Crippen LogP contribution in [-0.4, -0.2) is 27.8 Å². The minimum atomic E-state index is -5.11. The molecule has 0 atom stereocenters. The van der Waals surface area contributed by atoms with Gasteiger partial charge in [-0.05, 0) is 61.9 Å². The highest BCUT2D eigenvalue weighted by Gasteiger charge is 2.41. The summed E-state index contributed by atoms with van der Waals surface area (Å²) in [5.74, 6) is 0.980. The Hall–Kier alpha value is -3.76. The molecule has 2 aromatic carbocycles. The van der Waals surface area contributed by atoms with E-state index in [2.05, 4.69) is 10.1 Å². The first-order valence-electron chi connectivity index (χ1n) is 10.4. The van der Waals surface area contributed by atoms with Crippen molar-refractivity contribution in [2.24, 2.45) is 0 Å². The number of rotatable bonds is 5. The number of hydrogen-bond acceptors (Lipinski definition) is 4. The summed E-state index contributed by atoms with van der Waals surface area (Å²) in [4.78, 5) is 3.57. The zero-order valence-corrected chi connectivity index (χ0v) is 18.7. The van der Waals surface area contributed by atoms with E-state index in [1.54, 1.807) is 36.4 Å². The molecule has 184 valence electrons. The van der Waals surface area contributed by atoms with Gasteiger partial charge in [-0.25, -0.2) is 9.50 Å². The predicted molar refractivity (Wildman–Crippen MR) is 116 cm³/mol. The van der Waals surface area contributed by atoms with Crippen molar-refractivity contribution < 1.29 is 35.8 Å². The molecule has 2 heterocycles. The van der Waals surface area contributed by atoms with Crippen molar-refractivity contribution in [3.8, 4) is 33.9 Å². The van der Waals surface area contributed by atoms with Crippen molar-refractivity contribution in [2.45, 2.75) is 32.3 Å². The van der Waals surface area contributed by atoms with Crippen LogP contribution < -0.4 is 9.47 Å². The second kappa shape index (κ2) is 8.79. The summed E-state index contributed by atoms with van der Waals surface area (Å²) in [7, 11) is 1.45. The molecule has 0 saturated heterocycles. The third kappa shape index (κ3) is 4.89. The number of benzene rings is 2. The molecule has 0 fully saturated rings. The maximum absolute atomic E-state index is 13.8. The van der Waals surface area contributed by atoms with Crippen LogP contribution in [0.1, 0.15) is 25.2 Å². The van der Waals surface area contributed by atoms with Gasteiger partial charge in [0, 0.05) is 5.56 Å². The van der Waals surface area contributed by atoms with Gasteiger partial charge < -0.3 is 9.47 Å². The number of aromatic nitrogens is 3. The van der Waals surface area contributed by atoms with Crippen LogP contribution in [-0.2, 0) is 12.4 Å². The molecular weight excluding hydrogens is 476 g/mol. The average molecular weight is 495 g/mol. The Morgan fingerprint density at radius 2 is 1.37 bits per heavy atom. The second-order valence-corrected chi connectivity index (χ2v) is 7.90. The van der Waals surface area contributed by atoms with Gasteiger partial charge in [0.2, 0.25) is 0 Å². The van der Waals surface area contributed by atoms with Crippen molar-refractivity contribution in [3.05, 3.63) is 66.0 Å². The fraction of sp³-hybridized carbons (Fsp3) is 0.250. The monoisotopic (exact) mass is 495 g/mol. The maximum atomic E-state index is 13.8. The molecule has 0 saturated carbocycles. The van der Waals surface area contributed by atoms with Crippen molar-refractivity contribution >= 4 is 5.65 Å². The number of alkyl halides is 6. The first-order valence-corrected chi connectivity index (χ1v) is 10.4. The summed E-state index contributed by atoms with van der Waals surface area (Å²) in [5.41, 5.74) is -3.09. The van der Waals surface area contributed by atoms with Crippen LogP contribution in [0.15, 0.2) is 54.6 Å². The summed E-state index contributed by atoms with van der Waals surface area (Å²) in [5, 5.41) is 4.07. The minimum Gasteiger partial charge on any atom is -0.497 e. The molecule has 11 heteroatoms. The lowest BCUT2D eigenvalue weighted by Crippen LogP contribution is -2.18. The minimum absolute atomic E-state index is 0.0165. The van der Waals surface area contributed by atoms with Gasteiger partial charge in [0.05, 0.1) is 18.8 Å². The van der Waals surface area contributed by atoms with E-state index in [9.17, 15) is 26.3 Å². The first kappa shape index (κ1) is 24.4. The fourth-order valence-electron chi connectivity index (χ4n) is 3.55. The molecular formula is C24H19F6N3O2. The maximum Gasteiger partial charge on any atom is 0.433 e. The van der Waals surface area contributed by atoms with Gasteiger partial charge in [0.1, 0.15) is 22.9 Å². The number of fused-ring (bicyclic) bond motifs is 1. The van der Waals surface area contributed by atoms with E-state index in [-0.39, 0.29) is 23.4 Å². The third-order valence-electron chi connectivity index (χ3n) is 5.05. The molecule has 0 spiro atoms. The predicted octanol–water partition coefficient (Wildman–Crippen LogP) is 6.90. The van der Waals surface area contributed by atoms with Gasteiger partial charge in [0.25, 0.3) is 0 Å². The van der Waals surface area contributed by atoms with E-state index in [0.29, 0.717) is 27.1 Å². The van der Waals surface area contributed by atoms with Crippen molar-refractivity contribution in [3.63, 3.8) is 0 Å². The molecule has 0 bridgehead atoms. The number of nitrogens with zero attached hydrogens (tertiary/aromatic N) is 3. The van der Waals surface area contributed by atoms with Crippen LogP contribution in [0.25, 0.3) is 28.0 Å². The van der Waals surface area contributed by atoms with Gasteiger partial charge in [-0.3, -0.25) is 0 Å². The Balaban J connectivity index is 2.05. The van der Waals surface area contributed by atoms with Crippen molar-refractivity contribution in [1.82, 2.24) is 14.6 Å². The zero-order chi connectivity index (χ0) is 25.5. The molecule has 0 unspecified atom stereocenters. The summed E-state index contributed by atoms with van der Waals surface area (Å²) in [6.45, 7) is 3.64. The Labute approximate surface area is 195 Å². The van der Waals surface area contributed by atoms with Crippen LogP contribution in [0.2, 0.25) is 0 Å². The molecule has 0 amide bonds.